The van der Waals surface area contributed by atoms with E-state index in [2.05, 4.69) is 15.1 Å². The lowest BCUT2D eigenvalue weighted by molar-refractivity contribution is -0.0213. The Labute approximate surface area is 126 Å². The number of benzene rings is 1. The topological polar surface area (TPSA) is 75.2 Å². The first-order valence-electron chi connectivity index (χ1n) is 6.87. The molecule has 0 bridgehead atoms. The van der Waals surface area contributed by atoms with Gasteiger partial charge in [0.1, 0.15) is 12.3 Å². The maximum absolute atomic E-state index is 6.02. The lowest BCUT2D eigenvalue weighted by Crippen LogP contribution is -2.39. The Kier molecular flexibility index (Phi) is 2.69. The van der Waals surface area contributed by atoms with Crippen molar-refractivity contribution in [3.8, 4) is 23.0 Å². The van der Waals surface area contributed by atoms with Crippen LogP contribution in [0.2, 0.25) is 0 Å². The third kappa shape index (κ3) is 1.93. The van der Waals surface area contributed by atoms with E-state index in [0.717, 1.165) is 5.69 Å². The summed E-state index contributed by atoms with van der Waals surface area (Å²) in [6.07, 6.45) is 3.37. The van der Waals surface area contributed by atoms with Crippen LogP contribution in [0.1, 0.15) is 12.8 Å². The number of aryl methyl sites for hydroxylation is 1. The van der Waals surface area contributed by atoms with Crippen LogP contribution in [0.3, 0.4) is 0 Å². The lowest BCUT2D eigenvalue weighted by Gasteiger charge is -2.32. The third-order valence-corrected chi connectivity index (χ3v) is 3.61. The first-order chi connectivity index (χ1) is 10.7. The summed E-state index contributed by atoms with van der Waals surface area (Å²) in [5.41, 5.74) is -0.0474. The van der Waals surface area contributed by atoms with Crippen LogP contribution >= 0.6 is 0 Å². The number of para-hydroxylation sites is 2. The van der Waals surface area contributed by atoms with Gasteiger partial charge < -0.3 is 18.6 Å². The van der Waals surface area contributed by atoms with Crippen molar-refractivity contribution in [1.29, 1.82) is 0 Å². The van der Waals surface area contributed by atoms with Gasteiger partial charge in [-0.05, 0) is 19.1 Å². The number of nitrogens with zero attached hydrogens (tertiary/aromatic N) is 4. The smallest absolute Gasteiger partial charge is 0.274 e. The summed E-state index contributed by atoms with van der Waals surface area (Å²) in [4.78, 5) is 8.49. The summed E-state index contributed by atoms with van der Waals surface area (Å²) >= 11 is 0. The third-order valence-electron chi connectivity index (χ3n) is 3.61. The minimum atomic E-state index is -0.821. The van der Waals surface area contributed by atoms with Crippen LogP contribution < -0.4 is 9.47 Å². The van der Waals surface area contributed by atoms with Gasteiger partial charge in [0.2, 0.25) is 11.4 Å². The van der Waals surface area contributed by atoms with E-state index in [9.17, 15) is 0 Å². The van der Waals surface area contributed by atoms with Gasteiger partial charge in [-0.15, -0.1) is 0 Å². The van der Waals surface area contributed by atoms with Gasteiger partial charge in [-0.1, -0.05) is 17.3 Å². The van der Waals surface area contributed by atoms with Gasteiger partial charge in [0, 0.05) is 7.05 Å². The molecule has 0 fully saturated rings. The zero-order valence-corrected chi connectivity index (χ0v) is 12.2. The molecule has 3 heterocycles. The molecule has 7 nitrogen and oxygen atoms in total. The molecule has 0 radical (unpaired) electrons. The van der Waals surface area contributed by atoms with E-state index in [1.807, 2.05) is 42.8 Å². The quantitative estimate of drug-likeness (QED) is 0.721. The average molecular weight is 298 g/mol. The first-order valence-corrected chi connectivity index (χ1v) is 6.87. The molecule has 0 spiro atoms. The Bertz CT molecular complexity index is 826. The number of fused-ring (bicyclic) bond motifs is 1. The number of aromatic nitrogens is 4. The largest absolute Gasteiger partial charge is 0.485 e. The van der Waals surface area contributed by atoms with Gasteiger partial charge in [0.15, 0.2) is 11.5 Å². The standard InChI is InChI=1S/C15H14N4O3/c1-15(8-20-11-5-3-4-6-12(11)21-15)14-17-13(18-22-14)10-7-16-9-19(10)2/h3-7,9H,8H2,1-2H3. The second kappa shape index (κ2) is 4.59. The molecule has 112 valence electrons. The molecule has 1 aliphatic heterocycles. The first kappa shape index (κ1) is 12.9. The van der Waals surface area contributed by atoms with Crippen LogP contribution in [0.25, 0.3) is 11.5 Å². The van der Waals surface area contributed by atoms with Gasteiger partial charge in [-0.25, -0.2) is 4.98 Å². The Hall–Kier alpha value is -2.83. The molecule has 1 aromatic carbocycles. The van der Waals surface area contributed by atoms with Crippen molar-refractivity contribution in [2.24, 2.45) is 7.05 Å². The Balaban J connectivity index is 1.68. The number of ether oxygens (including phenoxy) is 2. The highest BCUT2D eigenvalue weighted by atomic mass is 16.6. The van der Waals surface area contributed by atoms with Crippen LogP contribution in [-0.4, -0.2) is 26.3 Å². The van der Waals surface area contributed by atoms with Crippen molar-refractivity contribution >= 4 is 0 Å². The van der Waals surface area contributed by atoms with Crippen molar-refractivity contribution in [2.45, 2.75) is 12.5 Å². The van der Waals surface area contributed by atoms with E-state index in [1.54, 1.807) is 12.5 Å². The minimum absolute atomic E-state index is 0.303. The number of hydrogen-bond acceptors (Lipinski definition) is 6. The van der Waals surface area contributed by atoms with Crippen molar-refractivity contribution in [1.82, 2.24) is 19.7 Å². The molecular formula is C15H14N4O3. The predicted octanol–water partition coefficient (Wildman–Crippen LogP) is 2.16. The predicted molar refractivity (Wildman–Crippen MR) is 76.4 cm³/mol. The molecular weight excluding hydrogens is 284 g/mol. The molecule has 2 aromatic heterocycles. The van der Waals surface area contributed by atoms with Gasteiger partial charge >= 0.3 is 0 Å². The lowest BCUT2D eigenvalue weighted by atomic mass is 10.1. The zero-order valence-electron chi connectivity index (χ0n) is 12.2. The summed E-state index contributed by atoms with van der Waals surface area (Å²) in [6, 6.07) is 7.51. The number of hydrogen-bond donors (Lipinski definition) is 0. The summed E-state index contributed by atoms with van der Waals surface area (Å²) < 4.78 is 19.0. The molecule has 0 amide bonds. The molecule has 0 saturated heterocycles. The molecule has 3 aromatic rings. The molecule has 1 aliphatic rings. The molecule has 4 rings (SSSR count). The molecule has 22 heavy (non-hydrogen) atoms. The summed E-state index contributed by atoms with van der Waals surface area (Å²) in [5.74, 6) is 2.22. The van der Waals surface area contributed by atoms with E-state index >= 15 is 0 Å². The van der Waals surface area contributed by atoms with Crippen molar-refractivity contribution in [3.63, 3.8) is 0 Å². The maximum atomic E-state index is 6.02. The van der Waals surface area contributed by atoms with Crippen LogP contribution in [0.15, 0.2) is 41.3 Å². The molecule has 0 aliphatic carbocycles. The maximum Gasteiger partial charge on any atom is 0.274 e. The highest BCUT2D eigenvalue weighted by molar-refractivity contribution is 5.47. The monoisotopic (exact) mass is 298 g/mol. The highest BCUT2D eigenvalue weighted by Gasteiger charge is 2.40. The number of rotatable bonds is 2. The van der Waals surface area contributed by atoms with E-state index in [1.165, 1.54) is 0 Å². The number of imidazole rings is 1. The van der Waals surface area contributed by atoms with Crippen LogP contribution in [0.5, 0.6) is 11.5 Å². The van der Waals surface area contributed by atoms with Crippen LogP contribution in [-0.2, 0) is 12.6 Å². The normalized spacial score (nSPS) is 20.1. The second-order valence-corrected chi connectivity index (χ2v) is 5.38. The highest BCUT2D eigenvalue weighted by Crippen LogP contribution is 2.39. The average Bonchev–Trinajstić information content (AvgIpc) is 3.16. The summed E-state index contributed by atoms with van der Waals surface area (Å²) in [5, 5.41) is 4.01. The van der Waals surface area contributed by atoms with Crippen LogP contribution in [0.4, 0.5) is 0 Å². The van der Waals surface area contributed by atoms with E-state index in [0.29, 0.717) is 29.8 Å². The van der Waals surface area contributed by atoms with Crippen molar-refractivity contribution < 1.29 is 14.0 Å². The minimum Gasteiger partial charge on any atom is -0.485 e. The Morgan fingerprint density at radius 3 is 2.82 bits per heavy atom. The van der Waals surface area contributed by atoms with Gasteiger partial charge in [0.25, 0.3) is 5.89 Å². The van der Waals surface area contributed by atoms with E-state index in [-0.39, 0.29) is 0 Å². The SMILES string of the molecule is Cn1cncc1-c1noc(C2(C)COc3ccccc3O2)n1. The van der Waals surface area contributed by atoms with Crippen molar-refractivity contribution in [3.05, 3.63) is 42.7 Å². The molecule has 0 N–H and O–H groups in total. The molecule has 7 heteroatoms. The van der Waals surface area contributed by atoms with Crippen molar-refractivity contribution in [2.75, 3.05) is 6.61 Å². The summed E-state index contributed by atoms with van der Waals surface area (Å²) in [7, 11) is 1.87. The molecule has 1 unspecified atom stereocenters. The van der Waals surface area contributed by atoms with E-state index < -0.39 is 5.60 Å². The molecule has 1 atom stereocenters. The Morgan fingerprint density at radius 2 is 2.05 bits per heavy atom. The zero-order chi connectivity index (χ0) is 15.2. The molecule has 0 saturated carbocycles. The fraction of sp³-hybridized carbons (Fsp3) is 0.267. The fourth-order valence-corrected chi connectivity index (χ4v) is 2.36. The van der Waals surface area contributed by atoms with Gasteiger partial charge in [0.05, 0.1) is 12.5 Å². The summed E-state index contributed by atoms with van der Waals surface area (Å²) in [6.45, 7) is 2.17. The van der Waals surface area contributed by atoms with Gasteiger partial charge in [-0.2, -0.15) is 4.98 Å². The Morgan fingerprint density at radius 1 is 1.23 bits per heavy atom. The second-order valence-electron chi connectivity index (χ2n) is 5.38. The van der Waals surface area contributed by atoms with E-state index in [4.69, 9.17) is 14.0 Å². The fourth-order valence-electron chi connectivity index (χ4n) is 2.36. The van der Waals surface area contributed by atoms with Gasteiger partial charge in [-0.3, -0.25) is 0 Å². The van der Waals surface area contributed by atoms with Crippen LogP contribution in [0, 0.1) is 0 Å².